The lowest BCUT2D eigenvalue weighted by molar-refractivity contribution is 0.243. The Balaban J connectivity index is 2.20. The summed E-state index contributed by atoms with van der Waals surface area (Å²) in [5, 5.41) is 3.31. The van der Waals surface area contributed by atoms with E-state index in [2.05, 4.69) is 5.32 Å². The fourth-order valence-corrected chi connectivity index (χ4v) is 2.08. The number of halogens is 1. The van der Waals surface area contributed by atoms with Crippen LogP contribution in [0, 0.1) is 5.82 Å². The molecule has 0 saturated carbocycles. The summed E-state index contributed by atoms with van der Waals surface area (Å²) in [7, 11) is 0. The van der Waals surface area contributed by atoms with Crippen LogP contribution in [0.4, 0.5) is 10.1 Å². The quantitative estimate of drug-likeness (QED) is 0.846. The van der Waals surface area contributed by atoms with Crippen molar-refractivity contribution in [3.63, 3.8) is 0 Å². The number of nitrogens with one attached hydrogen (secondary N) is 1. The second-order valence-corrected chi connectivity index (χ2v) is 5.05. The Morgan fingerprint density at radius 3 is 2.30 bits per heavy atom. The first kappa shape index (κ1) is 14.4. The molecule has 2 rings (SSSR count). The highest BCUT2D eigenvalue weighted by atomic mass is 19.1. The van der Waals surface area contributed by atoms with E-state index in [1.54, 1.807) is 12.1 Å². The summed E-state index contributed by atoms with van der Waals surface area (Å²) >= 11 is 0. The number of anilines is 1. The van der Waals surface area contributed by atoms with E-state index in [1.165, 1.54) is 6.07 Å². The molecule has 2 aromatic carbocycles. The Kier molecular flexibility index (Phi) is 4.61. The third-order valence-electron chi connectivity index (χ3n) is 2.99. The van der Waals surface area contributed by atoms with Crippen LogP contribution in [0.25, 0.3) is 0 Å². The van der Waals surface area contributed by atoms with Crippen LogP contribution in [0.3, 0.4) is 0 Å². The topological polar surface area (TPSA) is 21.3 Å². The Bertz CT molecular complexity index is 568. The van der Waals surface area contributed by atoms with E-state index in [0.717, 1.165) is 11.4 Å². The normalized spacial score (nSPS) is 12.2. The minimum absolute atomic E-state index is 0.0988. The lowest BCUT2D eigenvalue weighted by Gasteiger charge is -2.20. The zero-order valence-corrected chi connectivity index (χ0v) is 12.1. The molecule has 0 radical (unpaired) electrons. The van der Waals surface area contributed by atoms with Crippen LogP contribution < -0.4 is 10.1 Å². The van der Waals surface area contributed by atoms with Crippen LogP contribution >= 0.6 is 0 Å². The number of benzene rings is 2. The van der Waals surface area contributed by atoms with Gasteiger partial charge in [-0.05, 0) is 39.0 Å². The molecule has 2 nitrogen and oxygen atoms in total. The zero-order chi connectivity index (χ0) is 14.5. The van der Waals surface area contributed by atoms with E-state index in [-0.39, 0.29) is 18.0 Å². The molecule has 0 aliphatic heterocycles. The van der Waals surface area contributed by atoms with Gasteiger partial charge in [0.25, 0.3) is 0 Å². The maximum Gasteiger partial charge on any atom is 0.142 e. The van der Waals surface area contributed by atoms with Crippen molar-refractivity contribution in [2.75, 3.05) is 5.32 Å². The number of rotatable bonds is 5. The molecule has 0 fully saturated rings. The fourth-order valence-electron chi connectivity index (χ4n) is 2.08. The first-order chi connectivity index (χ1) is 9.58. The molecule has 0 saturated heterocycles. The molecule has 0 bridgehead atoms. The Labute approximate surface area is 119 Å². The molecule has 0 aliphatic rings. The average molecular weight is 273 g/mol. The van der Waals surface area contributed by atoms with E-state index in [4.69, 9.17) is 4.74 Å². The lowest BCUT2D eigenvalue weighted by Crippen LogP contribution is -2.12. The van der Waals surface area contributed by atoms with Crippen molar-refractivity contribution in [1.82, 2.24) is 0 Å². The van der Waals surface area contributed by atoms with Gasteiger partial charge in [-0.1, -0.05) is 30.3 Å². The molecule has 2 aromatic rings. The summed E-state index contributed by atoms with van der Waals surface area (Å²) in [6.07, 6.45) is 0.0988. The van der Waals surface area contributed by atoms with Crippen molar-refractivity contribution in [3.8, 4) is 5.75 Å². The van der Waals surface area contributed by atoms with Gasteiger partial charge in [0.2, 0.25) is 0 Å². The molecule has 3 heteroatoms. The van der Waals surface area contributed by atoms with Crippen LogP contribution in [-0.4, -0.2) is 6.10 Å². The Hall–Kier alpha value is -2.03. The standard InChI is InChI=1S/C17H20FNO/c1-12(2)20-17-11-7-6-10-16(17)19-13(3)14-8-4-5-9-15(14)18/h4-13,19H,1-3H3. The third-order valence-corrected chi connectivity index (χ3v) is 2.99. The molecule has 0 aromatic heterocycles. The Morgan fingerprint density at radius 1 is 0.950 bits per heavy atom. The minimum Gasteiger partial charge on any atom is -0.489 e. The van der Waals surface area contributed by atoms with Crippen molar-refractivity contribution in [1.29, 1.82) is 0 Å². The third kappa shape index (κ3) is 3.50. The van der Waals surface area contributed by atoms with Crippen LogP contribution in [0.1, 0.15) is 32.4 Å². The van der Waals surface area contributed by atoms with Gasteiger partial charge in [0.15, 0.2) is 0 Å². The summed E-state index contributed by atoms with van der Waals surface area (Å²) in [4.78, 5) is 0. The van der Waals surface area contributed by atoms with E-state index in [1.807, 2.05) is 51.1 Å². The molecule has 1 atom stereocenters. The molecular formula is C17H20FNO. The van der Waals surface area contributed by atoms with Crippen molar-refractivity contribution in [2.45, 2.75) is 32.9 Å². The van der Waals surface area contributed by atoms with Gasteiger partial charge in [0.1, 0.15) is 11.6 Å². The molecule has 0 amide bonds. The number of hydrogen-bond acceptors (Lipinski definition) is 2. The second-order valence-electron chi connectivity index (χ2n) is 5.05. The first-order valence-corrected chi connectivity index (χ1v) is 6.84. The van der Waals surface area contributed by atoms with Crippen LogP contribution in [0.5, 0.6) is 5.75 Å². The first-order valence-electron chi connectivity index (χ1n) is 6.84. The van der Waals surface area contributed by atoms with Crippen molar-refractivity contribution >= 4 is 5.69 Å². The van der Waals surface area contributed by atoms with Gasteiger partial charge in [-0.15, -0.1) is 0 Å². The van der Waals surface area contributed by atoms with Gasteiger partial charge >= 0.3 is 0 Å². The zero-order valence-electron chi connectivity index (χ0n) is 12.1. The maximum atomic E-state index is 13.8. The van der Waals surface area contributed by atoms with Gasteiger partial charge in [0.05, 0.1) is 17.8 Å². The van der Waals surface area contributed by atoms with E-state index in [9.17, 15) is 4.39 Å². The second kappa shape index (κ2) is 6.42. The summed E-state index contributed by atoms with van der Waals surface area (Å²) in [5.74, 6) is 0.584. The average Bonchev–Trinajstić information content (AvgIpc) is 2.41. The smallest absolute Gasteiger partial charge is 0.142 e. The number of para-hydroxylation sites is 2. The highest BCUT2D eigenvalue weighted by Gasteiger charge is 2.12. The van der Waals surface area contributed by atoms with Crippen molar-refractivity contribution in [3.05, 3.63) is 59.9 Å². The summed E-state index contributed by atoms with van der Waals surface area (Å²) < 4.78 is 19.5. The Morgan fingerprint density at radius 2 is 1.60 bits per heavy atom. The number of ether oxygens (including phenoxy) is 1. The van der Waals surface area contributed by atoms with Crippen LogP contribution in [0.2, 0.25) is 0 Å². The fraction of sp³-hybridized carbons (Fsp3) is 0.294. The molecule has 106 valence electrons. The van der Waals surface area contributed by atoms with Gasteiger partial charge in [-0.25, -0.2) is 4.39 Å². The van der Waals surface area contributed by atoms with E-state index >= 15 is 0 Å². The lowest BCUT2D eigenvalue weighted by atomic mass is 10.1. The van der Waals surface area contributed by atoms with E-state index in [0.29, 0.717) is 5.56 Å². The molecule has 0 heterocycles. The summed E-state index contributed by atoms with van der Waals surface area (Å²) in [6, 6.07) is 14.4. The molecule has 0 aliphatic carbocycles. The molecule has 1 unspecified atom stereocenters. The summed E-state index contributed by atoms with van der Waals surface area (Å²) in [5.41, 5.74) is 1.52. The van der Waals surface area contributed by atoms with Crippen LogP contribution in [-0.2, 0) is 0 Å². The highest BCUT2D eigenvalue weighted by Crippen LogP contribution is 2.29. The molecular weight excluding hydrogens is 253 g/mol. The summed E-state index contributed by atoms with van der Waals surface area (Å²) in [6.45, 7) is 5.90. The van der Waals surface area contributed by atoms with Crippen LogP contribution in [0.15, 0.2) is 48.5 Å². The molecule has 20 heavy (non-hydrogen) atoms. The predicted octanol–water partition coefficient (Wildman–Crippen LogP) is 4.79. The van der Waals surface area contributed by atoms with Crippen molar-refractivity contribution in [2.24, 2.45) is 0 Å². The molecule has 1 N–H and O–H groups in total. The largest absolute Gasteiger partial charge is 0.489 e. The van der Waals surface area contributed by atoms with Gasteiger partial charge in [0, 0.05) is 5.56 Å². The highest BCUT2D eigenvalue weighted by molar-refractivity contribution is 5.57. The predicted molar refractivity (Wildman–Crippen MR) is 80.6 cm³/mol. The van der Waals surface area contributed by atoms with Gasteiger partial charge < -0.3 is 10.1 Å². The monoisotopic (exact) mass is 273 g/mol. The maximum absolute atomic E-state index is 13.8. The number of hydrogen-bond donors (Lipinski definition) is 1. The van der Waals surface area contributed by atoms with E-state index < -0.39 is 0 Å². The minimum atomic E-state index is -0.199. The SMILES string of the molecule is CC(C)Oc1ccccc1NC(C)c1ccccc1F. The van der Waals surface area contributed by atoms with Gasteiger partial charge in [-0.2, -0.15) is 0 Å². The molecule has 0 spiro atoms. The van der Waals surface area contributed by atoms with Crippen molar-refractivity contribution < 1.29 is 9.13 Å². The van der Waals surface area contributed by atoms with Gasteiger partial charge in [-0.3, -0.25) is 0 Å².